The van der Waals surface area contributed by atoms with Crippen molar-refractivity contribution in [2.75, 3.05) is 5.32 Å². The van der Waals surface area contributed by atoms with Gasteiger partial charge in [0.05, 0.1) is 11.3 Å². The van der Waals surface area contributed by atoms with Crippen LogP contribution in [0.2, 0.25) is 0 Å². The van der Waals surface area contributed by atoms with Crippen LogP contribution in [0.1, 0.15) is 23.1 Å². The Hall–Kier alpha value is -3.13. The van der Waals surface area contributed by atoms with Gasteiger partial charge in [0.2, 0.25) is 11.8 Å². The van der Waals surface area contributed by atoms with E-state index in [9.17, 15) is 9.59 Å². The van der Waals surface area contributed by atoms with Crippen molar-refractivity contribution in [1.82, 2.24) is 5.32 Å². The smallest absolute Gasteiger partial charge is 0.233 e. The van der Waals surface area contributed by atoms with Crippen molar-refractivity contribution >= 4 is 17.5 Å². The van der Waals surface area contributed by atoms with Crippen LogP contribution in [0.4, 0.5) is 5.69 Å². The lowest BCUT2D eigenvalue weighted by atomic mass is 10.1. The molecule has 2 aromatic carbocycles. The zero-order chi connectivity index (χ0) is 16.7. The van der Waals surface area contributed by atoms with Gasteiger partial charge < -0.3 is 10.6 Å². The van der Waals surface area contributed by atoms with E-state index in [2.05, 4.69) is 10.6 Å². The van der Waals surface area contributed by atoms with Crippen molar-refractivity contribution in [3.05, 3.63) is 65.2 Å². The van der Waals surface area contributed by atoms with E-state index < -0.39 is 5.91 Å². The number of rotatable bonds is 5. The Morgan fingerprint density at radius 3 is 2.43 bits per heavy atom. The van der Waals surface area contributed by atoms with E-state index in [0.29, 0.717) is 17.8 Å². The number of amides is 2. The molecule has 116 valence electrons. The SMILES string of the molecule is Cc1ccc(CNC(=O)CC(=O)Nc2ccccc2C#N)cc1. The molecule has 0 fully saturated rings. The van der Waals surface area contributed by atoms with Gasteiger partial charge in [-0.15, -0.1) is 0 Å². The lowest BCUT2D eigenvalue weighted by molar-refractivity contribution is -0.126. The number of carbonyl (C=O) groups is 2. The molecule has 0 aliphatic rings. The second-order valence-electron chi connectivity index (χ2n) is 5.14. The molecule has 0 heterocycles. The number of benzene rings is 2. The predicted molar refractivity (Wildman–Crippen MR) is 87.4 cm³/mol. The molecule has 5 heteroatoms. The maximum Gasteiger partial charge on any atom is 0.233 e. The third kappa shape index (κ3) is 4.97. The maximum atomic E-state index is 11.9. The highest BCUT2D eigenvalue weighted by Gasteiger charge is 2.11. The Morgan fingerprint density at radius 2 is 1.74 bits per heavy atom. The molecule has 0 bridgehead atoms. The van der Waals surface area contributed by atoms with E-state index in [1.165, 1.54) is 0 Å². The molecular weight excluding hydrogens is 290 g/mol. The molecule has 5 nitrogen and oxygen atoms in total. The summed E-state index contributed by atoms with van der Waals surface area (Å²) in [4.78, 5) is 23.7. The average Bonchev–Trinajstić information content (AvgIpc) is 2.54. The van der Waals surface area contributed by atoms with Gasteiger partial charge in [0, 0.05) is 6.54 Å². The second-order valence-corrected chi connectivity index (χ2v) is 5.14. The second kappa shape index (κ2) is 7.76. The molecule has 0 unspecified atom stereocenters. The molecule has 23 heavy (non-hydrogen) atoms. The molecule has 0 spiro atoms. The van der Waals surface area contributed by atoms with Gasteiger partial charge in [-0.3, -0.25) is 9.59 Å². The predicted octanol–water partition coefficient (Wildman–Crippen LogP) is 2.51. The summed E-state index contributed by atoms with van der Waals surface area (Å²) in [6, 6.07) is 16.4. The van der Waals surface area contributed by atoms with Gasteiger partial charge in [-0.25, -0.2) is 0 Å². The first kappa shape index (κ1) is 16.2. The summed E-state index contributed by atoms with van der Waals surface area (Å²) in [5.74, 6) is -0.813. The lowest BCUT2D eigenvalue weighted by Crippen LogP contribution is -2.27. The van der Waals surface area contributed by atoms with Gasteiger partial charge in [-0.1, -0.05) is 42.0 Å². The highest BCUT2D eigenvalue weighted by Crippen LogP contribution is 2.13. The zero-order valence-corrected chi connectivity index (χ0v) is 12.8. The van der Waals surface area contributed by atoms with Gasteiger partial charge in [0.25, 0.3) is 0 Å². The Morgan fingerprint density at radius 1 is 1.04 bits per heavy atom. The molecule has 0 aliphatic carbocycles. The van der Waals surface area contributed by atoms with E-state index in [4.69, 9.17) is 5.26 Å². The highest BCUT2D eigenvalue weighted by atomic mass is 16.2. The van der Waals surface area contributed by atoms with Crippen molar-refractivity contribution in [3.8, 4) is 6.07 Å². The first-order chi connectivity index (χ1) is 11.1. The molecule has 0 radical (unpaired) electrons. The molecule has 2 rings (SSSR count). The summed E-state index contributed by atoms with van der Waals surface area (Å²) in [6.45, 7) is 2.37. The summed E-state index contributed by atoms with van der Waals surface area (Å²) in [7, 11) is 0. The minimum absolute atomic E-state index is 0.286. The van der Waals surface area contributed by atoms with Crippen LogP contribution in [0, 0.1) is 18.3 Å². The number of carbonyl (C=O) groups excluding carboxylic acids is 2. The van der Waals surface area contributed by atoms with Crippen molar-refractivity contribution in [3.63, 3.8) is 0 Å². The molecule has 0 saturated heterocycles. The van der Waals surface area contributed by atoms with E-state index in [1.807, 2.05) is 37.3 Å². The van der Waals surface area contributed by atoms with E-state index in [-0.39, 0.29) is 12.3 Å². The Balaban J connectivity index is 1.84. The zero-order valence-electron chi connectivity index (χ0n) is 12.8. The number of para-hydroxylation sites is 1. The standard InChI is InChI=1S/C18H17N3O2/c1-13-6-8-14(9-7-13)12-20-17(22)10-18(23)21-16-5-3-2-4-15(16)11-19/h2-9H,10,12H2,1H3,(H,20,22)(H,21,23). The van der Waals surface area contributed by atoms with E-state index >= 15 is 0 Å². The van der Waals surface area contributed by atoms with Crippen LogP contribution in [0.5, 0.6) is 0 Å². The van der Waals surface area contributed by atoms with Crippen LogP contribution in [0.15, 0.2) is 48.5 Å². The highest BCUT2D eigenvalue weighted by molar-refractivity contribution is 6.04. The van der Waals surface area contributed by atoms with E-state index in [0.717, 1.165) is 11.1 Å². The summed E-state index contributed by atoms with van der Waals surface area (Å²) < 4.78 is 0. The van der Waals surface area contributed by atoms with Crippen LogP contribution < -0.4 is 10.6 Å². The van der Waals surface area contributed by atoms with Gasteiger partial charge >= 0.3 is 0 Å². The molecule has 0 aliphatic heterocycles. The number of hydrogen-bond donors (Lipinski definition) is 2. The number of nitrogens with zero attached hydrogens (tertiary/aromatic N) is 1. The minimum Gasteiger partial charge on any atom is -0.352 e. The van der Waals surface area contributed by atoms with Crippen molar-refractivity contribution < 1.29 is 9.59 Å². The third-order valence-electron chi connectivity index (χ3n) is 3.25. The van der Waals surface area contributed by atoms with Gasteiger partial charge in [0.1, 0.15) is 12.5 Å². The summed E-state index contributed by atoms with van der Waals surface area (Å²) in [6.07, 6.45) is -0.286. The molecular formula is C18H17N3O2. The monoisotopic (exact) mass is 307 g/mol. The fraction of sp³-hybridized carbons (Fsp3) is 0.167. The molecule has 0 aromatic heterocycles. The van der Waals surface area contributed by atoms with E-state index in [1.54, 1.807) is 24.3 Å². The Bertz CT molecular complexity index is 746. The number of nitriles is 1. The van der Waals surface area contributed by atoms with Crippen LogP contribution >= 0.6 is 0 Å². The maximum absolute atomic E-state index is 11.9. The number of hydrogen-bond acceptors (Lipinski definition) is 3. The number of aryl methyl sites for hydroxylation is 1. The molecule has 0 atom stereocenters. The molecule has 2 N–H and O–H groups in total. The fourth-order valence-electron chi connectivity index (χ4n) is 2.00. The Labute approximate surface area is 134 Å². The first-order valence-electron chi connectivity index (χ1n) is 7.19. The molecule has 2 amide bonds. The van der Waals surface area contributed by atoms with Crippen molar-refractivity contribution in [2.24, 2.45) is 0 Å². The quantitative estimate of drug-likeness (QED) is 0.833. The van der Waals surface area contributed by atoms with Crippen LogP contribution in [0.3, 0.4) is 0 Å². The van der Waals surface area contributed by atoms with Crippen LogP contribution in [-0.4, -0.2) is 11.8 Å². The topological polar surface area (TPSA) is 82.0 Å². The minimum atomic E-state index is -0.450. The summed E-state index contributed by atoms with van der Waals surface area (Å²) >= 11 is 0. The molecule has 2 aromatic rings. The van der Waals surface area contributed by atoms with Crippen molar-refractivity contribution in [1.29, 1.82) is 5.26 Å². The normalized spacial score (nSPS) is 9.74. The number of nitrogens with one attached hydrogen (secondary N) is 2. The van der Waals surface area contributed by atoms with Crippen molar-refractivity contribution in [2.45, 2.75) is 19.9 Å². The fourth-order valence-corrected chi connectivity index (χ4v) is 2.00. The Kier molecular flexibility index (Phi) is 5.48. The van der Waals surface area contributed by atoms with Gasteiger partial charge in [-0.2, -0.15) is 5.26 Å². The summed E-state index contributed by atoms with van der Waals surface area (Å²) in [5.41, 5.74) is 2.89. The third-order valence-corrected chi connectivity index (χ3v) is 3.25. The summed E-state index contributed by atoms with van der Waals surface area (Å²) in [5, 5.41) is 14.2. The largest absolute Gasteiger partial charge is 0.352 e. The average molecular weight is 307 g/mol. The first-order valence-corrected chi connectivity index (χ1v) is 7.19. The van der Waals surface area contributed by atoms with Gasteiger partial charge in [0.15, 0.2) is 0 Å². The molecule has 0 saturated carbocycles. The number of anilines is 1. The lowest BCUT2D eigenvalue weighted by Gasteiger charge is -2.08. The van der Waals surface area contributed by atoms with Gasteiger partial charge in [-0.05, 0) is 24.6 Å². The van der Waals surface area contributed by atoms with Crippen LogP contribution in [0.25, 0.3) is 0 Å². The van der Waals surface area contributed by atoms with Crippen LogP contribution in [-0.2, 0) is 16.1 Å².